The van der Waals surface area contributed by atoms with Gasteiger partial charge in [-0.3, -0.25) is 0 Å². The molecular formula is C11H22N2. The second kappa shape index (κ2) is 7.71. The molecule has 2 N–H and O–H groups in total. The van der Waals surface area contributed by atoms with Crippen molar-refractivity contribution in [2.75, 3.05) is 13.6 Å². The Labute approximate surface area is 82.1 Å². The Kier molecular flexibility index (Phi) is 7.17. The summed E-state index contributed by atoms with van der Waals surface area (Å²) in [6.07, 6.45) is 6.19. The summed E-state index contributed by atoms with van der Waals surface area (Å²) in [5.74, 6) is 0. The smallest absolute Gasteiger partial charge is 0.0179 e. The zero-order chi connectivity index (χ0) is 10.1. The molecule has 0 bridgehead atoms. The molecule has 0 saturated heterocycles. The lowest BCUT2D eigenvalue weighted by molar-refractivity contribution is 0.782. The molecule has 2 nitrogen and oxygen atoms in total. The average Bonchev–Trinajstić information content (AvgIpc) is 2.14. The van der Waals surface area contributed by atoms with E-state index in [1.165, 1.54) is 11.3 Å². The standard InChI is InChI=1S/C11H22N2/c1-5-8-13-9-7-10(3)11(6-2)12-4/h5,8,12-13H,6-7,9H2,1-4H3/b8-5+,11-10-. The van der Waals surface area contributed by atoms with Crippen LogP contribution in [-0.2, 0) is 0 Å². The first-order chi connectivity index (χ1) is 6.26. The molecule has 0 saturated carbocycles. The highest BCUT2D eigenvalue weighted by molar-refractivity contribution is 5.09. The summed E-state index contributed by atoms with van der Waals surface area (Å²) in [5.41, 5.74) is 2.81. The first-order valence-electron chi connectivity index (χ1n) is 4.97. The molecule has 0 unspecified atom stereocenters. The van der Waals surface area contributed by atoms with E-state index in [1.54, 1.807) is 0 Å². The molecule has 0 amide bonds. The van der Waals surface area contributed by atoms with E-state index in [4.69, 9.17) is 0 Å². The Balaban J connectivity index is 3.82. The van der Waals surface area contributed by atoms with Crippen molar-refractivity contribution in [2.24, 2.45) is 0 Å². The lowest BCUT2D eigenvalue weighted by atomic mass is 10.1. The third-order valence-corrected chi connectivity index (χ3v) is 2.10. The molecule has 0 heterocycles. The van der Waals surface area contributed by atoms with Crippen LogP contribution in [0.15, 0.2) is 23.5 Å². The lowest BCUT2D eigenvalue weighted by Crippen LogP contribution is -2.11. The van der Waals surface area contributed by atoms with Crippen LogP contribution in [0.25, 0.3) is 0 Å². The van der Waals surface area contributed by atoms with E-state index >= 15 is 0 Å². The number of hydrogen-bond donors (Lipinski definition) is 2. The van der Waals surface area contributed by atoms with Gasteiger partial charge < -0.3 is 10.6 Å². The van der Waals surface area contributed by atoms with Crippen molar-refractivity contribution in [1.82, 2.24) is 10.6 Å². The molecule has 0 spiro atoms. The van der Waals surface area contributed by atoms with E-state index in [0.717, 1.165) is 19.4 Å². The fourth-order valence-electron chi connectivity index (χ4n) is 1.30. The minimum Gasteiger partial charge on any atom is -0.391 e. The van der Waals surface area contributed by atoms with Gasteiger partial charge in [0.05, 0.1) is 0 Å². The summed E-state index contributed by atoms with van der Waals surface area (Å²) in [7, 11) is 1.99. The van der Waals surface area contributed by atoms with Gasteiger partial charge in [-0.05, 0) is 32.9 Å². The highest BCUT2D eigenvalue weighted by atomic mass is 14.8. The number of hydrogen-bond acceptors (Lipinski definition) is 2. The molecule has 0 aromatic carbocycles. The van der Waals surface area contributed by atoms with Gasteiger partial charge in [0.15, 0.2) is 0 Å². The van der Waals surface area contributed by atoms with E-state index in [1.807, 2.05) is 26.2 Å². The maximum absolute atomic E-state index is 3.23. The number of allylic oxidation sites excluding steroid dienone is 2. The van der Waals surface area contributed by atoms with Crippen LogP contribution < -0.4 is 10.6 Å². The van der Waals surface area contributed by atoms with Crippen LogP contribution in [0.2, 0.25) is 0 Å². The van der Waals surface area contributed by atoms with Gasteiger partial charge in [0, 0.05) is 19.3 Å². The Hall–Kier alpha value is -0.920. The molecule has 0 radical (unpaired) electrons. The van der Waals surface area contributed by atoms with Gasteiger partial charge in [0.1, 0.15) is 0 Å². The van der Waals surface area contributed by atoms with Crippen LogP contribution in [0.4, 0.5) is 0 Å². The minimum atomic E-state index is 1.02. The quantitative estimate of drug-likeness (QED) is 0.616. The van der Waals surface area contributed by atoms with Gasteiger partial charge in [-0.2, -0.15) is 0 Å². The molecule has 76 valence electrons. The van der Waals surface area contributed by atoms with Crippen molar-refractivity contribution in [3.8, 4) is 0 Å². The van der Waals surface area contributed by atoms with Crippen LogP contribution >= 0.6 is 0 Å². The molecule has 0 rings (SSSR count). The molecule has 13 heavy (non-hydrogen) atoms. The van der Waals surface area contributed by atoms with Gasteiger partial charge in [0.2, 0.25) is 0 Å². The largest absolute Gasteiger partial charge is 0.391 e. The summed E-state index contributed by atoms with van der Waals surface area (Å²) in [5, 5.41) is 6.45. The molecular weight excluding hydrogens is 160 g/mol. The average molecular weight is 182 g/mol. The SMILES string of the molecule is C/C=C/NCC/C(C)=C(/CC)NC. The van der Waals surface area contributed by atoms with Crippen LogP contribution in [-0.4, -0.2) is 13.6 Å². The first kappa shape index (κ1) is 12.1. The van der Waals surface area contributed by atoms with Gasteiger partial charge in [-0.15, -0.1) is 0 Å². The summed E-state index contributed by atoms with van der Waals surface area (Å²) in [6, 6.07) is 0. The normalized spacial score (nSPS) is 12.9. The Morgan fingerprint density at radius 1 is 1.38 bits per heavy atom. The van der Waals surface area contributed by atoms with Gasteiger partial charge in [-0.25, -0.2) is 0 Å². The first-order valence-corrected chi connectivity index (χ1v) is 4.97. The highest BCUT2D eigenvalue weighted by Crippen LogP contribution is 2.07. The topological polar surface area (TPSA) is 24.1 Å². The van der Waals surface area contributed by atoms with Crippen molar-refractivity contribution >= 4 is 0 Å². The third kappa shape index (κ3) is 5.34. The summed E-state index contributed by atoms with van der Waals surface area (Å²) >= 11 is 0. The highest BCUT2D eigenvalue weighted by Gasteiger charge is 1.96. The van der Waals surface area contributed by atoms with Crippen molar-refractivity contribution in [2.45, 2.75) is 33.6 Å². The number of rotatable bonds is 6. The summed E-state index contributed by atoms with van der Waals surface area (Å²) < 4.78 is 0. The molecule has 0 fully saturated rings. The van der Waals surface area contributed by atoms with Crippen molar-refractivity contribution in [1.29, 1.82) is 0 Å². The van der Waals surface area contributed by atoms with E-state index in [0.29, 0.717) is 0 Å². The Morgan fingerprint density at radius 3 is 2.54 bits per heavy atom. The summed E-state index contributed by atoms with van der Waals surface area (Å²) in [4.78, 5) is 0. The van der Waals surface area contributed by atoms with Crippen LogP contribution in [0.1, 0.15) is 33.6 Å². The fraction of sp³-hybridized carbons (Fsp3) is 0.636. The van der Waals surface area contributed by atoms with E-state index < -0.39 is 0 Å². The fourth-order valence-corrected chi connectivity index (χ4v) is 1.30. The second-order valence-corrected chi connectivity index (χ2v) is 3.07. The van der Waals surface area contributed by atoms with Gasteiger partial charge in [-0.1, -0.05) is 18.6 Å². The molecule has 2 heteroatoms. The molecule has 0 atom stereocenters. The maximum Gasteiger partial charge on any atom is 0.0179 e. The predicted molar refractivity (Wildman–Crippen MR) is 59.5 cm³/mol. The van der Waals surface area contributed by atoms with Gasteiger partial charge >= 0.3 is 0 Å². The minimum absolute atomic E-state index is 1.02. The summed E-state index contributed by atoms with van der Waals surface area (Å²) in [6.45, 7) is 7.39. The lowest BCUT2D eigenvalue weighted by Gasteiger charge is -2.09. The van der Waals surface area contributed by atoms with E-state index in [-0.39, 0.29) is 0 Å². The molecule has 0 aliphatic rings. The van der Waals surface area contributed by atoms with Crippen LogP contribution in [0.5, 0.6) is 0 Å². The van der Waals surface area contributed by atoms with E-state index in [9.17, 15) is 0 Å². The predicted octanol–water partition coefficient (Wildman–Crippen LogP) is 2.40. The molecule has 0 aromatic rings. The second-order valence-electron chi connectivity index (χ2n) is 3.07. The van der Waals surface area contributed by atoms with Crippen LogP contribution in [0, 0.1) is 0 Å². The Morgan fingerprint density at radius 2 is 2.08 bits per heavy atom. The van der Waals surface area contributed by atoms with Crippen molar-refractivity contribution < 1.29 is 0 Å². The zero-order valence-electron chi connectivity index (χ0n) is 9.28. The third-order valence-electron chi connectivity index (χ3n) is 2.10. The number of nitrogens with one attached hydrogen (secondary N) is 2. The zero-order valence-corrected chi connectivity index (χ0v) is 9.28. The monoisotopic (exact) mass is 182 g/mol. The molecule has 0 aliphatic carbocycles. The maximum atomic E-state index is 3.23. The van der Waals surface area contributed by atoms with Crippen LogP contribution in [0.3, 0.4) is 0 Å². The van der Waals surface area contributed by atoms with Gasteiger partial charge in [0.25, 0.3) is 0 Å². The van der Waals surface area contributed by atoms with Crippen molar-refractivity contribution in [3.63, 3.8) is 0 Å². The molecule has 0 aliphatic heterocycles. The van der Waals surface area contributed by atoms with Crippen molar-refractivity contribution in [3.05, 3.63) is 23.5 Å². The Bertz CT molecular complexity index is 175. The molecule has 0 aromatic heterocycles. The van der Waals surface area contributed by atoms with E-state index in [2.05, 4.69) is 24.5 Å².